The molecule has 0 saturated carbocycles. The predicted octanol–water partition coefficient (Wildman–Crippen LogP) is 3.53. The minimum absolute atomic E-state index is 0.230. The van der Waals surface area contributed by atoms with E-state index in [1.54, 1.807) is 42.5 Å². The van der Waals surface area contributed by atoms with Crippen LogP contribution in [0, 0.1) is 0 Å². The van der Waals surface area contributed by atoms with Gasteiger partial charge in [0.05, 0.1) is 17.3 Å². The molecular formula is C22H21F3N2O4. The van der Waals surface area contributed by atoms with E-state index in [1.165, 1.54) is 26.0 Å². The van der Waals surface area contributed by atoms with E-state index >= 15 is 0 Å². The van der Waals surface area contributed by atoms with Crippen molar-refractivity contribution in [3.8, 4) is 0 Å². The SMILES string of the molecule is CC(C)(c1ccccc1)C(OC(=O)CCn1c(=O)[nH]c(=O)c2ccccc21)C(F)(F)F. The van der Waals surface area contributed by atoms with Gasteiger partial charge >= 0.3 is 17.8 Å². The Kier molecular flexibility index (Phi) is 6.06. The molecule has 0 aliphatic heterocycles. The molecule has 0 spiro atoms. The molecule has 1 N–H and O–H groups in total. The summed E-state index contributed by atoms with van der Waals surface area (Å²) < 4.78 is 47.3. The monoisotopic (exact) mass is 434 g/mol. The van der Waals surface area contributed by atoms with Crippen molar-refractivity contribution in [2.45, 2.75) is 44.5 Å². The van der Waals surface area contributed by atoms with E-state index in [-0.39, 0.29) is 17.4 Å². The fraction of sp³-hybridized carbons (Fsp3) is 0.318. The number of carbonyl (C=O) groups excluding carboxylic acids is 1. The van der Waals surface area contributed by atoms with E-state index in [0.29, 0.717) is 5.56 Å². The molecule has 0 radical (unpaired) electrons. The average Bonchev–Trinajstić information content (AvgIpc) is 2.71. The first-order chi connectivity index (χ1) is 14.5. The minimum Gasteiger partial charge on any atom is -0.452 e. The van der Waals surface area contributed by atoms with Gasteiger partial charge in [-0.15, -0.1) is 0 Å². The van der Waals surface area contributed by atoms with Crippen molar-refractivity contribution >= 4 is 16.9 Å². The Morgan fingerprint density at radius 1 is 1.03 bits per heavy atom. The van der Waals surface area contributed by atoms with E-state index < -0.39 is 41.3 Å². The number of carbonyl (C=O) groups is 1. The zero-order valence-electron chi connectivity index (χ0n) is 16.9. The number of hydrogen-bond acceptors (Lipinski definition) is 4. The van der Waals surface area contributed by atoms with Crippen LogP contribution in [0.5, 0.6) is 0 Å². The highest BCUT2D eigenvalue weighted by Crippen LogP contribution is 2.39. The number of aromatic amines is 1. The number of H-pyrrole nitrogens is 1. The molecule has 1 aromatic heterocycles. The van der Waals surface area contributed by atoms with Crippen LogP contribution in [0.1, 0.15) is 25.8 Å². The predicted molar refractivity (Wildman–Crippen MR) is 109 cm³/mol. The second kappa shape index (κ2) is 8.41. The summed E-state index contributed by atoms with van der Waals surface area (Å²) in [4.78, 5) is 38.6. The van der Waals surface area contributed by atoms with Crippen LogP contribution in [0.4, 0.5) is 13.2 Å². The van der Waals surface area contributed by atoms with Crippen molar-refractivity contribution in [1.82, 2.24) is 9.55 Å². The van der Waals surface area contributed by atoms with Crippen molar-refractivity contribution in [1.29, 1.82) is 0 Å². The molecule has 0 fully saturated rings. The Labute approximate surface area is 175 Å². The van der Waals surface area contributed by atoms with Crippen LogP contribution < -0.4 is 11.2 Å². The number of rotatable bonds is 6. The van der Waals surface area contributed by atoms with Gasteiger partial charge in [-0.3, -0.25) is 19.1 Å². The van der Waals surface area contributed by atoms with E-state index in [1.807, 2.05) is 0 Å². The number of aryl methyl sites for hydroxylation is 1. The molecule has 0 aliphatic rings. The lowest BCUT2D eigenvalue weighted by atomic mass is 9.79. The molecule has 6 nitrogen and oxygen atoms in total. The van der Waals surface area contributed by atoms with Gasteiger partial charge in [0.25, 0.3) is 5.56 Å². The molecular weight excluding hydrogens is 413 g/mol. The highest BCUT2D eigenvalue weighted by atomic mass is 19.4. The number of alkyl halides is 3. The van der Waals surface area contributed by atoms with Gasteiger partial charge in [0.1, 0.15) is 0 Å². The molecule has 3 aromatic rings. The Hall–Kier alpha value is -3.36. The average molecular weight is 434 g/mol. The number of fused-ring (bicyclic) bond motifs is 1. The molecule has 1 unspecified atom stereocenters. The van der Waals surface area contributed by atoms with Crippen LogP contribution >= 0.6 is 0 Å². The third kappa shape index (κ3) is 4.70. The van der Waals surface area contributed by atoms with Gasteiger partial charge in [-0.1, -0.05) is 56.3 Å². The number of esters is 1. The van der Waals surface area contributed by atoms with Crippen molar-refractivity contribution < 1.29 is 22.7 Å². The lowest BCUT2D eigenvalue weighted by molar-refractivity contribution is -0.236. The van der Waals surface area contributed by atoms with Crippen LogP contribution in [0.3, 0.4) is 0 Å². The molecule has 31 heavy (non-hydrogen) atoms. The molecule has 1 heterocycles. The summed E-state index contributed by atoms with van der Waals surface area (Å²) >= 11 is 0. The van der Waals surface area contributed by atoms with E-state index in [4.69, 9.17) is 4.74 Å². The summed E-state index contributed by atoms with van der Waals surface area (Å²) in [6.45, 7) is 2.47. The van der Waals surface area contributed by atoms with Gasteiger partial charge in [-0.2, -0.15) is 13.2 Å². The van der Waals surface area contributed by atoms with Crippen molar-refractivity contribution in [3.05, 3.63) is 81.0 Å². The Balaban J connectivity index is 1.83. The summed E-state index contributed by atoms with van der Waals surface area (Å²) in [6.07, 6.45) is -7.65. The highest BCUT2D eigenvalue weighted by molar-refractivity contribution is 5.78. The standard InChI is InChI=1S/C22H21F3N2O4/c1-21(2,14-8-4-3-5-9-14)19(22(23,24)25)31-17(28)12-13-27-16-11-7-6-10-15(16)18(29)26-20(27)30/h3-11,19H,12-13H2,1-2H3,(H,26,29,30). The molecule has 164 valence electrons. The third-order valence-electron chi connectivity index (χ3n) is 5.16. The number of hydrogen-bond donors (Lipinski definition) is 1. The molecule has 0 aliphatic carbocycles. The number of nitrogens with zero attached hydrogens (tertiary/aromatic N) is 1. The lowest BCUT2D eigenvalue weighted by Gasteiger charge is -2.35. The summed E-state index contributed by atoms with van der Waals surface area (Å²) in [5.41, 5.74) is -2.22. The fourth-order valence-corrected chi connectivity index (χ4v) is 3.50. The summed E-state index contributed by atoms with van der Waals surface area (Å²) in [5, 5.41) is 0.230. The number of ether oxygens (including phenoxy) is 1. The van der Waals surface area contributed by atoms with Gasteiger partial charge in [0.2, 0.25) is 6.10 Å². The number of nitrogens with one attached hydrogen (secondary N) is 1. The minimum atomic E-state index is -4.80. The Morgan fingerprint density at radius 3 is 2.29 bits per heavy atom. The Morgan fingerprint density at radius 2 is 1.65 bits per heavy atom. The maximum Gasteiger partial charge on any atom is 0.426 e. The van der Waals surface area contributed by atoms with Crippen molar-refractivity contribution in [2.24, 2.45) is 0 Å². The number of aromatic nitrogens is 2. The normalized spacial score (nSPS) is 13.2. The smallest absolute Gasteiger partial charge is 0.426 e. The van der Waals surface area contributed by atoms with Crippen molar-refractivity contribution in [3.63, 3.8) is 0 Å². The summed E-state index contributed by atoms with van der Waals surface area (Å²) in [7, 11) is 0. The third-order valence-corrected chi connectivity index (χ3v) is 5.16. The van der Waals surface area contributed by atoms with Crippen LogP contribution in [-0.4, -0.2) is 27.8 Å². The molecule has 9 heteroatoms. The molecule has 3 rings (SSSR count). The van der Waals surface area contributed by atoms with E-state index in [9.17, 15) is 27.6 Å². The second-order valence-electron chi connectivity index (χ2n) is 7.68. The maximum atomic E-state index is 13.8. The van der Waals surface area contributed by atoms with Crippen LogP contribution in [0.15, 0.2) is 64.2 Å². The molecule has 1 atom stereocenters. The van der Waals surface area contributed by atoms with Crippen LogP contribution in [-0.2, 0) is 21.5 Å². The van der Waals surface area contributed by atoms with Gasteiger partial charge in [-0.05, 0) is 17.7 Å². The topological polar surface area (TPSA) is 81.2 Å². The zero-order valence-corrected chi connectivity index (χ0v) is 16.9. The maximum absolute atomic E-state index is 13.8. The van der Waals surface area contributed by atoms with Gasteiger partial charge in [-0.25, -0.2) is 4.79 Å². The number of benzene rings is 2. The van der Waals surface area contributed by atoms with Gasteiger partial charge < -0.3 is 4.74 Å². The lowest BCUT2D eigenvalue weighted by Crippen LogP contribution is -2.48. The molecule has 0 saturated heterocycles. The van der Waals surface area contributed by atoms with Gasteiger partial charge in [0, 0.05) is 12.0 Å². The van der Waals surface area contributed by atoms with E-state index in [2.05, 4.69) is 4.98 Å². The Bertz CT molecular complexity index is 1200. The largest absolute Gasteiger partial charge is 0.452 e. The first-order valence-electron chi connectivity index (χ1n) is 9.55. The zero-order chi connectivity index (χ0) is 22.8. The fourth-order valence-electron chi connectivity index (χ4n) is 3.50. The first kappa shape index (κ1) is 22.3. The molecule has 0 amide bonds. The molecule has 0 bridgehead atoms. The molecule has 2 aromatic carbocycles. The first-order valence-corrected chi connectivity index (χ1v) is 9.55. The van der Waals surface area contributed by atoms with Crippen LogP contribution in [0.2, 0.25) is 0 Å². The van der Waals surface area contributed by atoms with Gasteiger partial charge in [0.15, 0.2) is 0 Å². The second-order valence-corrected chi connectivity index (χ2v) is 7.68. The van der Waals surface area contributed by atoms with Crippen LogP contribution in [0.25, 0.3) is 10.9 Å². The highest BCUT2D eigenvalue weighted by Gasteiger charge is 2.52. The van der Waals surface area contributed by atoms with Crippen molar-refractivity contribution in [2.75, 3.05) is 0 Å². The summed E-state index contributed by atoms with van der Waals surface area (Å²) in [5.74, 6) is -1.10. The van der Waals surface area contributed by atoms with E-state index in [0.717, 1.165) is 4.57 Å². The summed E-state index contributed by atoms with van der Waals surface area (Å²) in [6, 6.07) is 14.2. The number of para-hydroxylation sites is 1. The number of halogens is 3. The quantitative estimate of drug-likeness (QED) is 0.602.